The lowest BCUT2D eigenvalue weighted by atomic mass is 9.81. The standard InChI is InChI=1S/C27H37N7O4/c1-26(2)11-20(12-27(3,4)33-26)38-25-29-15-21(31-32-25)24-22(37-17-35-5)10-18(13-28-24)19-14-30-34(16-19)23-8-6-7-9-36-23/h10,13-16,20,23,33H,6-9,11-12,17H2,1-5H3. The molecule has 0 saturated carbocycles. The highest BCUT2D eigenvalue weighted by Crippen LogP contribution is 2.33. The number of methoxy groups -OCH3 is 1. The van der Waals surface area contributed by atoms with Crippen molar-refractivity contribution in [3.05, 3.63) is 30.9 Å². The maximum absolute atomic E-state index is 6.13. The van der Waals surface area contributed by atoms with E-state index in [0.717, 1.165) is 49.8 Å². The van der Waals surface area contributed by atoms with Crippen molar-refractivity contribution in [3.63, 3.8) is 0 Å². The third kappa shape index (κ3) is 6.28. The van der Waals surface area contributed by atoms with Crippen molar-refractivity contribution in [2.24, 2.45) is 0 Å². The van der Waals surface area contributed by atoms with Gasteiger partial charge in [0.15, 0.2) is 12.5 Å². The predicted octanol–water partition coefficient (Wildman–Crippen LogP) is 4.17. The summed E-state index contributed by atoms with van der Waals surface area (Å²) in [7, 11) is 1.57. The molecule has 2 fully saturated rings. The van der Waals surface area contributed by atoms with Crippen molar-refractivity contribution in [2.45, 2.75) is 83.2 Å². The fraction of sp³-hybridized carbons (Fsp3) is 0.593. The Hall–Kier alpha value is -3.15. The molecule has 3 aromatic rings. The van der Waals surface area contributed by atoms with Crippen molar-refractivity contribution >= 4 is 0 Å². The Kier molecular flexibility index (Phi) is 7.60. The molecule has 3 aromatic heterocycles. The number of pyridine rings is 1. The molecule has 0 aromatic carbocycles. The van der Waals surface area contributed by atoms with Gasteiger partial charge in [0.2, 0.25) is 0 Å². The molecule has 38 heavy (non-hydrogen) atoms. The summed E-state index contributed by atoms with van der Waals surface area (Å²) < 4.78 is 24.8. The van der Waals surface area contributed by atoms with Gasteiger partial charge in [-0.15, -0.1) is 5.10 Å². The first-order valence-corrected chi connectivity index (χ1v) is 13.2. The van der Waals surface area contributed by atoms with Crippen LogP contribution in [0.1, 0.15) is 66.0 Å². The molecule has 0 amide bonds. The number of aromatic nitrogens is 6. The Balaban J connectivity index is 1.34. The van der Waals surface area contributed by atoms with Gasteiger partial charge in [-0.2, -0.15) is 5.10 Å². The highest BCUT2D eigenvalue weighted by Gasteiger charge is 2.39. The third-order valence-corrected chi connectivity index (χ3v) is 6.78. The van der Waals surface area contributed by atoms with E-state index in [1.54, 1.807) is 19.5 Å². The van der Waals surface area contributed by atoms with Gasteiger partial charge in [-0.1, -0.05) is 5.10 Å². The number of rotatable bonds is 8. The SMILES string of the molecule is COCOc1cc(-c2cnn(C3CCCCO3)c2)cnc1-c1cnc(OC2CC(C)(C)NC(C)(C)C2)nn1. The number of nitrogens with zero attached hydrogens (tertiary/aromatic N) is 6. The van der Waals surface area contributed by atoms with Gasteiger partial charge in [0.05, 0.1) is 12.4 Å². The van der Waals surface area contributed by atoms with Gasteiger partial charge >= 0.3 is 6.01 Å². The largest absolute Gasteiger partial charge is 0.465 e. The minimum absolute atomic E-state index is 0.00756. The van der Waals surface area contributed by atoms with Crippen LogP contribution in [0.15, 0.2) is 30.9 Å². The van der Waals surface area contributed by atoms with E-state index in [4.69, 9.17) is 18.9 Å². The number of piperidine rings is 1. The van der Waals surface area contributed by atoms with Crippen LogP contribution in [-0.4, -0.2) is 67.6 Å². The van der Waals surface area contributed by atoms with Crippen LogP contribution in [0.5, 0.6) is 11.8 Å². The summed E-state index contributed by atoms with van der Waals surface area (Å²) in [4.78, 5) is 9.07. The first kappa shape index (κ1) is 26.5. The predicted molar refractivity (Wildman–Crippen MR) is 141 cm³/mol. The maximum Gasteiger partial charge on any atom is 0.335 e. The Bertz CT molecular complexity index is 1210. The summed E-state index contributed by atoms with van der Waals surface area (Å²) in [6.07, 6.45) is 12.0. The summed E-state index contributed by atoms with van der Waals surface area (Å²) in [6.45, 7) is 9.54. The molecule has 2 saturated heterocycles. The van der Waals surface area contributed by atoms with Crippen LogP contribution in [0.3, 0.4) is 0 Å². The second-order valence-corrected chi connectivity index (χ2v) is 11.3. The second-order valence-electron chi connectivity index (χ2n) is 11.3. The average Bonchev–Trinajstić information content (AvgIpc) is 3.37. The lowest BCUT2D eigenvalue weighted by Crippen LogP contribution is -2.60. The molecule has 0 radical (unpaired) electrons. The van der Waals surface area contributed by atoms with Gasteiger partial charge in [0.1, 0.15) is 23.7 Å². The molecule has 204 valence electrons. The van der Waals surface area contributed by atoms with Crippen LogP contribution in [-0.2, 0) is 9.47 Å². The highest BCUT2D eigenvalue weighted by molar-refractivity contribution is 5.69. The van der Waals surface area contributed by atoms with Gasteiger partial charge in [-0.3, -0.25) is 0 Å². The third-order valence-electron chi connectivity index (χ3n) is 6.78. The van der Waals surface area contributed by atoms with Crippen LogP contribution in [0, 0.1) is 0 Å². The topological polar surface area (TPSA) is 118 Å². The molecule has 0 bridgehead atoms. The molecule has 1 unspecified atom stereocenters. The molecule has 0 spiro atoms. The van der Waals surface area contributed by atoms with E-state index in [0.29, 0.717) is 17.1 Å². The normalized spacial score (nSPS) is 21.2. The van der Waals surface area contributed by atoms with E-state index in [1.807, 2.05) is 23.1 Å². The van der Waals surface area contributed by atoms with Crippen molar-refractivity contribution in [3.8, 4) is 34.3 Å². The summed E-state index contributed by atoms with van der Waals surface area (Å²) in [6, 6.07) is 2.15. The van der Waals surface area contributed by atoms with E-state index < -0.39 is 0 Å². The van der Waals surface area contributed by atoms with Crippen molar-refractivity contribution in [1.29, 1.82) is 0 Å². The summed E-state index contributed by atoms with van der Waals surface area (Å²) in [5.74, 6) is 0.512. The Morgan fingerprint density at radius 2 is 1.84 bits per heavy atom. The van der Waals surface area contributed by atoms with Crippen molar-refractivity contribution in [2.75, 3.05) is 20.5 Å². The number of hydrogen-bond acceptors (Lipinski definition) is 10. The van der Waals surface area contributed by atoms with Crippen LogP contribution >= 0.6 is 0 Å². The molecule has 5 rings (SSSR count). The van der Waals surface area contributed by atoms with E-state index in [-0.39, 0.29) is 36.2 Å². The highest BCUT2D eigenvalue weighted by atomic mass is 16.7. The zero-order valence-electron chi connectivity index (χ0n) is 22.8. The van der Waals surface area contributed by atoms with Gasteiger partial charge in [0, 0.05) is 61.2 Å². The lowest BCUT2D eigenvalue weighted by Gasteiger charge is -2.45. The Morgan fingerprint density at radius 1 is 1.03 bits per heavy atom. The quantitative estimate of drug-likeness (QED) is 0.431. The Morgan fingerprint density at radius 3 is 2.53 bits per heavy atom. The molecule has 1 atom stereocenters. The first-order valence-electron chi connectivity index (χ1n) is 13.2. The molecular weight excluding hydrogens is 486 g/mol. The smallest absolute Gasteiger partial charge is 0.335 e. The minimum Gasteiger partial charge on any atom is -0.465 e. The van der Waals surface area contributed by atoms with Crippen molar-refractivity contribution in [1.82, 2.24) is 35.3 Å². The zero-order chi connectivity index (χ0) is 26.8. The summed E-state index contributed by atoms with van der Waals surface area (Å²) in [5, 5.41) is 16.8. The van der Waals surface area contributed by atoms with Crippen LogP contribution in [0.25, 0.3) is 22.5 Å². The number of nitrogens with one attached hydrogen (secondary N) is 1. The van der Waals surface area contributed by atoms with Gasteiger partial charge in [-0.05, 0) is 53.0 Å². The van der Waals surface area contributed by atoms with Gasteiger partial charge in [0.25, 0.3) is 0 Å². The molecule has 2 aliphatic heterocycles. The Labute approximate surface area is 223 Å². The van der Waals surface area contributed by atoms with E-state index in [1.165, 1.54) is 0 Å². The molecule has 11 heteroatoms. The summed E-state index contributed by atoms with van der Waals surface area (Å²) >= 11 is 0. The minimum atomic E-state index is -0.0427. The number of ether oxygens (including phenoxy) is 4. The van der Waals surface area contributed by atoms with E-state index in [2.05, 4.69) is 58.3 Å². The molecule has 1 N–H and O–H groups in total. The second kappa shape index (κ2) is 10.9. The molecule has 2 aliphatic rings. The average molecular weight is 524 g/mol. The fourth-order valence-electron chi connectivity index (χ4n) is 5.49. The van der Waals surface area contributed by atoms with Gasteiger partial charge in [-0.25, -0.2) is 14.6 Å². The fourth-order valence-corrected chi connectivity index (χ4v) is 5.49. The van der Waals surface area contributed by atoms with Crippen LogP contribution < -0.4 is 14.8 Å². The first-order chi connectivity index (χ1) is 18.2. The lowest BCUT2D eigenvalue weighted by molar-refractivity contribution is -0.0394. The number of hydrogen-bond donors (Lipinski definition) is 1. The zero-order valence-corrected chi connectivity index (χ0v) is 22.8. The molecule has 5 heterocycles. The molecular formula is C27H37N7O4. The van der Waals surface area contributed by atoms with Crippen LogP contribution in [0.2, 0.25) is 0 Å². The maximum atomic E-state index is 6.13. The van der Waals surface area contributed by atoms with Crippen molar-refractivity contribution < 1.29 is 18.9 Å². The molecule has 0 aliphatic carbocycles. The van der Waals surface area contributed by atoms with Gasteiger partial charge < -0.3 is 24.3 Å². The monoisotopic (exact) mass is 523 g/mol. The molecule has 11 nitrogen and oxygen atoms in total. The summed E-state index contributed by atoms with van der Waals surface area (Å²) in [5.41, 5.74) is 2.69. The van der Waals surface area contributed by atoms with Crippen LogP contribution in [0.4, 0.5) is 0 Å². The van der Waals surface area contributed by atoms with E-state index >= 15 is 0 Å². The van der Waals surface area contributed by atoms with E-state index in [9.17, 15) is 0 Å².